The van der Waals surface area contributed by atoms with E-state index in [1.807, 2.05) is 0 Å². The minimum Gasteiger partial charge on any atom is -0.291 e. The molecule has 0 N–H and O–H groups in total. The molecule has 0 amide bonds. The second-order valence-corrected chi connectivity index (χ2v) is 2.93. The van der Waals surface area contributed by atoms with Gasteiger partial charge in [-0.15, -0.1) is 0 Å². The first-order chi connectivity index (χ1) is 6.00. The van der Waals surface area contributed by atoms with Gasteiger partial charge in [0.25, 0.3) is 0 Å². The largest absolute Gasteiger partial charge is 0.380 e. The predicted octanol–water partition coefficient (Wildman–Crippen LogP) is 2.02. The molecule has 0 atom stereocenters. The van der Waals surface area contributed by atoms with E-state index in [2.05, 4.69) is 16.6 Å². The van der Waals surface area contributed by atoms with Gasteiger partial charge in [-0.3, -0.25) is 9.78 Å². The van der Waals surface area contributed by atoms with Crippen LogP contribution in [0.15, 0.2) is 24.5 Å². The van der Waals surface area contributed by atoms with E-state index in [0.29, 0.717) is 5.56 Å². The van der Waals surface area contributed by atoms with E-state index in [0.717, 1.165) is 0 Å². The van der Waals surface area contributed by atoms with E-state index in [-0.39, 0.29) is 0 Å². The summed E-state index contributed by atoms with van der Waals surface area (Å²) < 4.78 is 24.4. The summed E-state index contributed by atoms with van der Waals surface area (Å²) in [6.45, 7) is 0. The van der Waals surface area contributed by atoms with Crippen LogP contribution in [-0.2, 0) is 11.2 Å². The zero-order valence-corrected chi connectivity index (χ0v) is 7.26. The molecule has 0 radical (unpaired) electrons. The fraction of sp³-hybridized carbons (Fsp3) is 0.250. The van der Waals surface area contributed by atoms with Crippen molar-refractivity contribution < 1.29 is 13.6 Å². The van der Waals surface area contributed by atoms with Gasteiger partial charge in [-0.25, -0.2) is 0 Å². The zero-order chi connectivity index (χ0) is 9.90. The molecule has 1 rings (SSSR count). The molecule has 70 valence electrons. The molecule has 0 saturated heterocycles. The highest BCUT2D eigenvalue weighted by Crippen LogP contribution is 2.21. The molecule has 1 heterocycles. The molecule has 0 aliphatic carbocycles. The molecule has 2 nitrogen and oxygen atoms in total. The maximum Gasteiger partial charge on any atom is 0.380 e. The lowest BCUT2D eigenvalue weighted by atomic mass is 10.1. The number of Topliss-reactive ketones (excluding diaryl/α,β-unsaturated/α-hetero) is 1. The van der Waals surface area contributed by atoms with Gasteiger partial charge in [0.1, 0.15) is 0 Å². The van der Waals surface area contributed by atoms with Gasteiger partial charge in [-0.1, -0.05) is 6.07 Å². The number of aromatic nitrogens is 1. The lowest BCUT2D eigenvalue weighted by Crippen LogP contribution is -2.23. The number of hydrogen-bond donors (Lipinski definition) is 0. The first-order valence-corrected chi connectivity index (χ1v) is 3.87. The molecular weight excluding hydrogens is 200 g/mol. The Hall–Kier alpha value is -1.03. The van der Waals surface area contributed by atoms with Crippen LogP contribution in [0, 0.1) is 0 Å². The molecule has 0 aliphatic rings. The maximum atomic E-state index is 12.2. The molecule has 0 unspecified atom stereocenters. The Morgan fingerprint density at radius 2 is 2.31 bits per heavy atom. The average Bonchev–Trinajstić information content (AvgIpc) is 2.04. The van der Waals surface area contributed by atoms with Crippen LogP contribution in [0.2, 0.25) is 0 Å². The van der Waals surface area contributed by atoms with E-state index in [1.54, 1.807) is 6.07 Å². The first kappa shape index (κ1) is 10.1. The molecule has 0 aliphatic heterocycles. The highest BCUT2D eigenvalue weighted by molar-refractivity contribution is 6.32. The van der Waals surface area contributed by atoms with Gasteiger partial charge in [0.15, 0.2) is 0 Å². The van der Waals surface area contributed by atoms with Crippen molar-refractivity contribution in [3.05, 3.63) is 30.1 Å². The predicted molar refractivity (Wildman–Crippen MR) is 43.7 cm³/mol. The SMILES string of the molecule is O=C(Cc1cccnc1)C(F)(F)Cl. The molecule has 0 saturated carbocycles. The summed E-state index contributed by atoms with van der Waals surface area (Å²) in [5.41, 5.74) is 0.424. The molecule has 0 fully saturated rings. The summed E-state index contributed by atoms with van der Waals surface area (Å²) >= 11 is 4.53. The van der Waals surface area contributed by atoms with E-state index in [9.17, 15) is 13.6 Å². The van der Waals surface area contributed by atoms with E-state index in [4.69, 9.17) is 0 Å². The van der Waals surface area contributed by atoms with Crippen LogP contribution in [-0.4, -0.2) is 16.1 Å². The highest BCUT2D eigenvalue weighted by atomic mass is 35.5. The number of ketones is 1. The topological polar surface area (TPSA) is 30.0 Å². The van der Waals surface area contributed by atoms with Gasteiger partial charge in [0, 0.05) is 18.8 Å². The third-order valence-corrected chi connectivity index (χ3v) is 1.61. The van der Waals surface area contributed by atoms with Crippen molar-refractivity contribution in [2.24, 2.45) is 0 Å². The normalized spacial score (nSPS) is 11.3. The quantitative estimate of drug-likeness (QED) is 0.707. The molecule has 0 aromatic carbocycles. The smallest absolute Gasteiger partial charge is 0.291 e. The Morgan fingerprint density at radius 3 is 2.77 bits per heavy atom. The van der Waals surface area contributed by atoms with Crippen LogP contribution < -0.4 is 0 Å². The number of carbonyl (C=O) groups excluding carboxylic acids is 1. The van der Waals surface area contributed by atoms with Crippen LogP contribution in [0.25, 0.3) is 0 Å². The summed E-state index contributed by atoms with van der Waals surface area (Å²) in [5, 5.41) is -3.78. The van der Waals surface area contributed by atoms with Crippen LogP contribution in [0.4, 0.5) is 8.78 Å². The first-order valence-electron chi connectivity index (χ1n) is 3.49. The third kappa shape index (κ3) is 3.06. The molecule has 5 heteroatoms. The van der Waals surface area contributed by atoms with Crippen molar-refractivity contribution in [1.82, 2.24) is 4.98 Å². The minimum absolute atomic E-state index is 0.398. The number of halogens is 3. The lowest BCUT2D eigenvalue weighted by molar-refractivity contribution is -0.132. The Morgan fingerprint density at radius 1 is 1.62 bits per heavy atom. The van der Waals surface area contributed by atoms with Crippen molar-refractivity contribution in [2.45, 2.75) is 11.8 Å². The second kappa shape index (κ2) is 3.79. The van der Waals surface area contributed by atoms with Crippen molar-refractivity contribution in [1.29, 1.82) is 0 Å². The Kier molecular flexibility index (Phi) is 2.93. The second-order valence-electron chi connectivity index (χ2n) is 2.46. The van der Waals surface area contributed by atoms with Crippen LogP contribution in [0.5, 0.6) is 0 Å². The minimum atomic E-state index is -3.78. The van der Waals surface area contributed by atoms with Crippen molar-refractivity contribution in [3.63, 3.8) is 0 Å². The summed E-state index contributed by atoms with van der Waals surface area (Å²) in [7, 11) is 0. The summed E-state index contributed by atoms with van der Waals surface area (Å²) in [6.07, 6.45) is 2.44. The van der Waals surface area contributed by atoms with Crippen molar-refractivity contribution >= 4 is 17.4 Å². The standard InChI is InChI=1S/C8H6ClF2NO/c9-8(10,11)7(13)4-6-2-1-3-12-5-6/h1-3,5H,4H2. The molecule has 0 bridgehead atoms. The van der Waals surface area contributed by atoms with E-state index in [1.165, 1.54) is 18.5 Å². The fourth-order valence-electron chi connectivity index (χ4n) is 0.788. The van der Waals surface area contributed by atoms with Crippen LogP contribution in [0.3, 0.4) is 0 Å². The third-order valence-electron chi connectivity index (χ3n) is 1.40. The number of carbonyl (C=O) groups is 1. The molecule has 1 aromatic heterocycles. The number of rotatable bonds is 3. The summed E-state index contributed by atoms with van der Waals surface area (Å²) in [6, 6.07) is 3.10. The van der Waals surface area contributed by atoms with Crippen LogP contribution in [0.1, 0.15) is 5.56 Å². The van der Waals surface area contributed by atoms with E-state index < -0.39 is 17.6 Å². The Labute approximate surface area is 78.5 Å². The Balaban J connectivity index is 2.66. The number of hydrogen-bond acceptors (Lipinski definition) is 2. The molecule has 0 spiro atoms. The number of nitrogens with zero attached hydrogens (tertiary/aromatic N) is 1. The highest BCUT2D eigenvalue weighted by Gasteiger charge is 2.34. The number of alkyl halides is 3. The Bertz CT molecular complexity index is 297. The van der Waals surface area contributed by atoms with Crippen molar-refractivity contribution in [3.8, 4) is 0 Å². The van der Waals surface area contributed by atoms with Gasteiger partial charge in [-0.05, 0) is 23.2 Å². The van der Waals surface area contributed by atoms with Gasteiger partial charge in [0.2, 0.25) is 5.78 Å². The van der Waals surface area contributed by atoms with Gasteiger partial charge >= 0.3 is 5.38 Å². The van der Waals surface area contributed by atoms with Crippen LogP contribution >= 0.6 is 11.6 Å². The molecule has 1 aromatic rings. The lowest BCUT2D eigenvalue weighted by Gasteiger charge is -2.05. The van der Waals surface area contributed by atoms with Gasteiger partial charge in [-0.2, -0.15) is 8.78 Å². The summed E-state index contributed by atoms with van der Waals surface area (Å²) in [5.74, 6) is -1.32. The molecule has 13 heavy (non-hydrogen) atoms. The summed E-state index contributed by atoms with van der Waals surface area (Å²) in [4.78, 5) is 14.4. The van der Waals surface area contributed by atoms with Gasteiger partial charge in [0.05, 0.1) is 0 Å². The average molecular weight is 206 g/mol. The maximum absolute atomic E-state index is 12.2. The molecular formula is C8H6ClF2NO. The van der Waals surface area contributed by atoms with E-state index >= 15 is 0 Å². The van der Waals surface area contributed by atoms with Gasteiger partial charge < -0.3 is 0 Å². The zero-order valence-electron chi connectivity index (χ0n) is 6.51. The fourth-order valence-corrected chi connectivity index (χ4v) is 0.855. The van der Waals surface area contributed by atoms with Crippen molar-refractivity contribution in [2.75, 3.05) is 0 Å². The monoisotopic (exact) mass is 205 g/mol. The number of pyridine rings is 1.